The van der Waals surface area contributed by atoms with Gasteiger partial charge in [0.05, 0.1) is 20.3 Å². The molecule has 0 saturated heterocycles. The largest absolute Gasteiger partial charge is 0.497 e. The molecule has 0 saturated carbocycles. The Morgan fingerprint density at radius 3 is 2.25 bits per heavy atom. The molecule has 1 N–H and O–H groups in total. The molecule has 0 aliphatic carbocycles. The molecule has 2 aromatic rings. The van der Waals surface area contributed by atoms with E-state index in [4.69, 9.17) is 14.2 Å². The van der Waals surface area contributed by atoms with Crippen LogP contribution in [0.5, 0.6) is 17.2 Å². The molecular formula is C29H42N2O5. The van der Waals surface area contributed by atoms with Crippen molar-refractivity contribution in [3.8, 4) is 17.2 Å². The number of amides is 2. The number of hydrogen-bond donors (Lipinski definition) is 1. The number of aryl methyl sites for hydroxylation is 1. The zero-order valence-corrected chi connectivity index (χ0v) is 22.8. The van der Waals surface area contributed by atoms with Crippen LogP contribution in [0.2, 0.25) is 0 Å². The Morgan fingerprint density at radius 2 is 1.64 bits per heavy atom. The van der Waals surface area contributed by atoms with Crippen LogP contribution in [0.15, 0.2) is 42.5 Å². The Bertz CT molecular complexity index is 999. The Balaban J connectivity index is 2.27. The van der Waals surface area contributed by atoms with E-state index < -0.39 is 11.6 Å². The van der Waals surface area contributed by atoms with Gasteiger partial charge in [-0.25, -0.2) is 0 Å². The fraction of sp³-hybridized carbons (Fsp3) is 0.517. The van der Waals surface area contributed by atoms with E-state index in [2.05, 4.69) is 5.32 Å². The molecule has 1 atom stereocenters. The summed E-state index contributed by atoms with van der Waals surface area (Å²) in [4.78, 5) is 28.5. The molecule has 0 fully saturated rings. The lowest BCUT2D eigenvalue weighted by Gasteiger charge is -2.33. The summed E-state index contributed by atoms with van der Waals surface area (Å²) in [5.74, 6) is 1.85. The van der Waals surface area contributed by atoms with Crippen molar-refractivity contribution in [2.75, 3.05) is 20.3 Å². The number of rotatable bonds is 13. The molecule has 0 unspecified atom stereocenters. The van der Waals surface area contributed by atoms with Gasteiger partial charge in [0.2, 0.25) is 11.8 Å². The number of hydrogen-bond acceptors (Lipinski definition) is 5. The third-order valence-electron chi connectivity index (χ3n) is 5.61. The molecule has 0 radical (unpaired) electrons. The minimum atomic E-state index is -0.581. The fourth-order valence-electron chi connectivity index (χ4n) is 3.99. The third kappa shape index (κ3) is 8.77. The summed E-state index contributed by atoms with van der Waals surface area (Å²) in [6, 6.07) is 12.8. The van der Waals surface area contributed by atoms with Gasteiger partial charge in [-0.05, 0) is 82.9 Å². The molecule has 7 nitrogen and oxygen atoms in total. The number of benzene rings is 2. The quantitative estimate of drug-likeness (QED) is 0.413. The Labute approximate surface area is 216 Å². The summed E-state index contributed by atoms with van der Waals surface area (Å²) < 4.78 is 16.7. The van der Waals surface area contributed by atoms with Crippen LogP contribution < -0.4 is 19.5 Å². The van der Waals surface area contributed by atoms with Crippen molar-refractivity contribution in [2.24, 2.45) is 0 Å². The highest BCUT2D eigenvalue weighted by Crippen LogP contribution is 2.29. The van der Waals surface area contributed by atoms with E-state index in [1.165, 1.54) is 0 Å². The first-order valence-electron chi connectivity index (χ1n) is 12.7. The lowest BCUT2D eigenvalue weighted by atomic mass is 10.0. The van der Waals surface area contributed by atoms with Crippen LogP contribution in [0.1, 0.15) is 65.5 Å². The van der Waals surface area contributed by atoms with Crippen molar-refractivity contribution in [1.82, 2.24) is 10.2 Å². The molecule has 198 valence electrons. The fourth-order valence-corrected chi connectivity index (χ4v) is 3.99. The van der Waals surface area contributed by atoms with Gasteiger partial charge >= 0.3 is 0 Å². The van der Waals surface area contributed by atoms with Crippen LogP contribution in [0.3, 0.4) is 0 Å². The minimum absolute atomic E-state index is 0.0828. The molecule has 2 amide bonds. The average molecular weight is 499 g/mol. The number of nitrogens with zero attached hydrogens (tertiary/aromatic N) is 1. The van der Waals surface area contributed by atoms with Gasteiger partial charge in [-0.2, -0.15) is 0 Å². The molecule has 0 aliphatic heterocycles. The van der Waals surface area contributed by atoms with Crippen molar-refractivity contribution >= 4 is 11.8 Å². The number of methoxy groups -OCH3 is 1. The summed E-state index contributed by atoms with van der Waals surface area (Å²) in [6.07, 6.45) is 1.30. The van der Waals surface area contributed by atoms with E-state index >= 15 is 0 Å². The molecule has 0 aliphatic rings. The maximum atomic E-state index is 13.6. The Hall–Kier alpha value is -3.22. The van der Waals surface area contributed by atoms with E-state index in [0.29, 0.717) is 49.8 Å². The SMILES string of the molecule is CCOc1ccc(CCC(=O)N(Cc2cccc(OC)c2)[C@@H](CC)C(=O)NC(C)(C)C)cc1OCC. The first-order chi connectivity index (χ1) is 17.1. The van der Waals surface area contributed by atoms with Crippen molar-refractivity contribution in [1.29, 1.82) is 0 Å². The lowest BCUT2D eigenvalue weighted by molar-refractivity contribution is -0.142. The standard InChI is InChI=1S/C29H42N2O5/c1-8-24(28(33)30-29(4,5)6)31(20-22-12-11-13-23(18-22)34-7)27(32)17-15-21-14-16-25(35-9-2)26(19-21)36-10-3/h11-14,16,18-19,24H,8-10,15,17,20H2,1-7H3,(H,30,33)/t24-/m0/s1. The number of carbonyl (C=O) groups is 2. The molecule has 7 heteroatoms. The van der Waals surface area contributed by atoms with Crippen LogP contribution >= 0.6 is 0 Å². The van der Waals surface area contributed by atoms with E-state index in [9.17, 15) is 9.59 Å². The van der Waals surface area contributed by atoms with Crippen LogP contribution in [-0.4, -0.2) is 48.6 Å². The molecule has 0 spiro atoms. The van der Waals surface area contributed by atoms with Gasteiger partial charge in [0, 0.05) is 18.5 Å². The van der Waals surface area contributed by atoms with E-state index in [-0.39, 0.29) is 18.2 Å². The molecule has 0 heterocycles. The van der Waals surface area contributed by atoms with Gasteiger partial charge < -0.3 is 24.4 Å². The van der Waals surface area contributed by atoms with Crippen LogP contribution in [0, 0.1) is 0 Å². The number of ether oxygens (including phenoxy) is 3. The second kappa shape index (κ2) is 13.8. The second-order valence-electron chi connectivity index (χ2n) is 9.68. The molecule has 0 bridgehead atoms. The average Bonchev–Trinajstić information content (AvgIpc) is 2.83. The van der Waals surface area contributed by atoms with Gasteiger partial charge in [-0.1, -0.05) is 25.1 Å². The molecule has 2 rings (SSSR count). The molecular weight excluding hydrogens is 456 g/mol. The zero-order valence-electron chi connectivity index (χ0n) is 22.8. The van der Waals surface area contributed by atoms with E-state index in [0.717, 1.165) is 11.1 Å². The van der Waals surface area contributed by atoms with Crippen molar-refractivity contribution in [3.05, 3.63) is 53.6 Å². The van der Waals surface area contributed by atoms with Crippen molar-refractivity contribution in [2.45, 2.75) is 78.9 Å². The molecule has 0 aromatic heterocycles. The monoisotopic (exact) mass is 498 g/mol. The summed E-state index contributed by atoms with van der Waals surface area (Å²) >= 11 is 0. The van der Waals surface area contributed by atoms with E-state index in [1.54, 1.807) is 12.0 Å². The topological polar surface area (TPSA) is 77.1 Å². The lowest BCUT2D eigenvalue weighted by Crippen LogP contribution is -2.53. The van der Waals surface area contributed by atoms with Crippen LogP contribution in [0.4, 0.5) is 0 Å². The highest BCUT2D eigenvalue weighted by molar-refractivity contribution is 5.88. The van der Waals surface area contributed by atoms with Gasteiger partial charge in [-0.15, -0.1) is 0 Å². The highest BCUT2D eigenvalue weighted by atomic mass is 16.5. The second-order valence-corrected chi connectivity index (χ2v) is 9.68. The normalized spacial score (nSPS) is 12.0. The smallest absolute Gasteiger partial charge is 0.243 e. The first-order valence-corrected chi connectivity index (χ1v) is 12.7. The predicted molar refractivity (Wildman–Crippen MR) is 143 cm³/mol. The summed E-state index contributed by atoms with van der Waals surface area (Å²) in [6.45, 7) is 13.0. The van der Waals surface area contributed by atoms with Gasteiger partial charge in [-0.3, -0.25) is 9.59 Å². The van der Waals surface area contributed by atoms with Crippen LogP contribution in [-0.2, 0) is 22.6 Å². The highest BCUT2D eigenvalue weighted by Gasteiger charge is 2.30. The predicted octanol–water partition coefficient (Wildman–Crippen LogP) is 5.15. The third-order valence-corrected chi connectivity index (χ3v) is 5.61. The van der Waals surface area contributed by atoms with Gasteiger partial charge in [0.15, 0.2) is 11.5 Å². The zero-order chi connectivity index (χ0) is 26.7. The van der Waals surface area contributed by atoms with Gasteiger partial charge in [0.25, 0.3) is 0 Å². The minimum Gasteiger partial charge on any atom is -0.497 e. The Morgan fingerprint density at radius 1 is 0.944 bits per heavy atom. The maximum Gasteiger partial charge on any atom is 0.243 e. The van der Waals surface area contributed by atoms with Crippen molar-refractivity contribution < 1.29 is 23.8 Å². The maximum absolute atomic E-state index is 13.6. The summed E-state index contributed by atoms with van der Waals surface area (Å²) in [5.41, 5.74) is 1.49. The van der Waals surface area contributed by atoms with Crippen LogP contribution in [0.25, 0.3) is 0 Å². The molecule has 36 heavy (non-hydrogen) atoms. The number of nitrogens with one attached hydrogen (secondary N) is 1. The Kier molecular flexibility index (Phi) is 11.1. The summed E-state index contributed by atoms with van der Waals surface area (Å²) in [7, 11) is 1.61. The first kappa shape index (κ1) is 29.0. The number of carbonyl (C=O) groups excluding carboxylic acids is 2. The summed E-state index contributed by atoms with van der Waals surface area (Å²) in [5, 5.41) is 3.04. The van der Waals surface area contributed by atoms with Gasteiger partial charge in [0.1, 0.15) is 11.8 Å². The van der Waals surface area contributed by atoms with E-state index in [1.807, 2.05) is 84.0 Å². The molecule has 2 aromatic carbocycles. The van der Waals surface area contributed by atoms with Crippen molar-refractivity contribution in [3.63, 3.8) is 0 Å².